The van der Waals surface area contributed by atoms with E-state index in [9.17, 15) is 9.90 Å². The van der Waals surface area contributed by atoms with Crippen LogP contribution in [0.25, 0.3) is 0 Å². The first-order valence-corrected chi connectivity index (χ1v) is 5.88. The minimum atomic E-state index is -0.191. The van der Waals surface area contributed by atoms with Crippen molar-refractivity contribution in [1.29, 1.82) is 0 Å². The highest BCUT2D eigenvalue weighted by molar-refractivity contribution is 5.70. The number of phenolic OH excluding ortho intramolecular Hbond substituents is 1. The van der Waals surface area contributed by atoms with Gasteiger partial charge in [0.1, 0.15) is 5.75 Å². The number of aromatic hydroxyl groups is 1. The number of benzene rings is 1. The third-order valence-electron chi connectivity index (χ3n) is 2.76. The van der Waals surface area contributed by atoms with Gasteiger partial charge in [-0.1, -0.05) is 26.0 Å². The molecule has 0 heterocycles. The molecule has 0 saturated heterocycles. The second-order valence-electron chi connectivity index (χ2n) is 4.70. The molecule has 0 unspecified atom stereocenters. The van der Waals surface area contributed by atoms with Gasteiger partial charge in [0, 0.05) is 0 Å². The fourth-order valence-electron chi connectivity index (χ4n) is 1.94. The first-order valence-electron chi connectivity index (χ1n) is 5.88. The van der Waals surface area contributed by atoms with Crippen LogP contribution in [0.4, 0.5) is 0 Å². The molecule has 0 radical (unpaired) electrons. The molecule has 3 heteroatoms. The summed E-state index contributed by atoms with van der Waals surface area (Å²) in [5.74, 6) is 0.723. The third-order valence-corrected chi connectivity index (χ3v) is 2.76. The summed E-state index contributed by atoms with van der Waals surface area (Å²) < 4.78 is 4.72. The lowest BCUT2D eigenvalue weighted by Gasteiger charge is -2.18. The van der Waals surface area contributed by atoms with Gasteiger partial charge in [-0.15, -0.1) is 0 Å². The lowest BCUT2D eigenvalue weighted by Crippen LogP contribution is -2.10. The quantitative estimate of drug-likeness (QED) is 0.799. The fraction of sp³-hybridized carbons (Fsp3) is 0.500. The van der Waals surface area contributed by atoms with Crippen LogP contribution >= 0.6 is 0 Å². The van der Waals surface area contributed by atoms with E-state index in [0.717, 1.165) is 12.0 Å². The Kier molecular flexibility index (Phi) is 5.01. The van der Waals surface area contributed by atoms with E-state index in [0.29, 0.717) is 12.3 Å². The molecule has 0 aliphatic carbocycles. The Hall–Kier alpha value is -1.51. The number of carbonyl (C=O) groups is 1. The largest absolute Gasteiger partial charge is 0.508 e. The van der Waals surface area contributed by atoms with Gasteiger partial charge in [0.25, 0.3) is 0 Å². The Balaban J connectivity index is 2.81. The summed E-state index contributed by atoms with van der Waals surface area (Å²) in [7, 11) is 1.41. The first kappa shape index (κ1) is 13.6. The van der Waals surface area contributed by atoms with Crippen LogP contribution in [-0.4, -0.2) is 18.2 Å². The molecular formula is C14H20O3. The molecule has 0 bridgehead atoms. The number of ether oxygens (including phenoxy) is 1. The van der Waals surface area contributed by atoms with Gasteiger partial charge in [0.2, 0.25) is 0 Å². The first-order chi connectivity index (χ1) is 8.02. The van der Waals surface area contributed by atoms with Crippen molar-refractivity contribution in [2.45, 2.75) is 32.6 Å². The average molecular weight is 236 g/mol. The Morgan fingerprint density at radius 1 is 1.29 bits per heavy atom. The van der Waals surface area contributed by atoms with Gasteiger partial charge in [-0.2, -0.15) is 0 Å². The summed E-state index contributed by atoms with van der Waals surface area (Å²) in [6.07, 6.45) is 1.32. The van der Waals surface area contributed by atoms with E-state index in [1.807, 2.05) is 12.1 Å². The maximum Gasteiger partial charge on any atom is 0.306 e. The lowest BCUT2D eigenvalue weighted by atomic mass is 9.88. The van der Waals surface area contributed by atoms with Gasteiger partial charge >= 0.3 is 5.97 Å². The number of methoxy groups -OCH3 is 1. The summed E-state index contributed by atoms with van der Waals surface area (Å²) >= 11 is 0. The zero-order valence-electron chi connectivity index (χ0n) is 10.6. The highest BCUT2D eigenvalue weighted by Gasteiger charge is 2.17. The summed E-state index contributed by atoms with van der Waals surface area (Å²) in [6, 6.07) is 7.04. The standard InChI is InChI=1S/C14H20O3/c1-10(2)8-12(9-14(16)17-3)11-4-6-13(15)7-5-11/h4-7,10,12,15H,8-9H2,1-3H3/t12-/m1/s1. The predicted octanol–water partition coefficient (Wildman–Crippen LogP) is 3.09. The Morgan fingerprint density at radius 3 is 2.35 bits per heavy atom. The van der Waals surface area contributed by atoms with E-state index < -0.39 is 0 Å². The lowest BCUT2D eigenvalue weighted by molar-refractivity contribution is -0.141. The average Bonchev–Trinajstić information content (AvgIpc) is 2.28. The number of esters is 1. The van der Waals surface area contributed by atoms with Gasteiger partial charge < -0.3 is 9.84 Å². The predicted molar refractivity (Wildman–Crippen MR) is 66.9 cm³/mol. The van der Waals surface area contributed by atoms with Gasteiger partial charge in [0.15, 0.2) is 0 Å². The Morgan fingerprint density at radius 2 is 1.88 bits per heavy atom. The van der Waals surface area contributed by atoms with Crippen molar-refractivity contribution in [2.24, 2.45) is 5.92 Å². The molecule has 1 atom stereocenters. The van der Waals surface area contributed by atoms with Crippen molar-refractivity contribution in [3.8, 4) is 5.75 Å². The second-order valence-corrected chi connectivity index (χ2v) is 4.70. The number of carbonyl (C=O) groups excluding carboxylic acids is 1. The topological polar surface area (TPSA) is 46.5 Å². The molecule has 94 valence electrons. The van der Waals surface area contributed by atoms with Crippen LogP contribution in [0.15, 0.2) is 24.3 Å². The monoisotopic (exact) mass is 236 g/mol. The highest BCUT2D eigenvalue weighted by atomic mass is 16.5. The zero-order chi connectivity index (χ0) is 12.8. The number of rotatable bonds is 5. The molecule has 0 fully saturated rings. The number of phenols is 1. The molecular weight excluding hydrogens is 216 g/mol. The minimum Gasteiger partial charge on any atom is -0.508 e. The zero-order valence-corrected chi connectivity index (χ0v) is 10.6. The summed E-state index contributed by atoms with van der Waals surface area (Å²) in [5, 5.41) is 9.26. The van der Waals surface area contributed by atoms with Crippen LogP contribution in [0.2, 0.25) is 0 Å². The Labute approximate surface area is 102 Å². The van der Waals surface area contributed by atoms with E-state index in [4.69, 9.17) is 4.74 Å². The van der Waals surface area contributed by atoms with Crippen molar-refractivity contribution in [2.75, 3.05) is 7.11 Å². The highest BCUT2D eigenvalue weighted by Crippen LogP contribution is 2.28. The van der Waals surface area contributed by atoms with E-state index in [1.165, 1.54) is 7.11 Å². The van der Waals surface area contributed by atoms with Crippen LogP contribution < -0.4 is 0 Å². The molecule has 0 saturated carbocycles. The van der Waals surface area contributed by atoms with Crippen molar-refractivity contribution in [3.63, 3.8) is 0 Å². The molecule has 0 spiro atoms. The summed E-state index contributed by atoms with van der Waals surface area (Å²) in [4.78, 5) is 11.4. The molecule has 0 amide bonds. The van der Waals surface area contributed by atoms with Gasteiger partial charge in [0.05, 0.1) is 13.5 Å². The maximum atomic E-state index is 11.4. The smallest absolute Gasteiger partial charge is 0.306 e. The van der Waals surface area contributed by atoms with E-state index in [-0.39, 0.29) is 17.6 Å². The Bertz CT molecular complexity index is 354. The van der Waals surface area contributed by atoms with Gasteiger partial charge in [-0.25, -0.2) is 0 Å². The molecule has 3 nitrogen and oxygen atoms in total. The van der Waals surface area contributed by atoms with Gasteiger partial charge in [-0.3, -0.25) is 4.79 Å². The van der Waals surface area contributed by atoms with Gasteiger partial charge in [-0.05, 0) is 36.0 Å². The van der Waals surface area contributed by atoms with E-state index in [1.54, 1.807) is 12.1 Å². The van der Waals surface area contributed by atoms with E-state index >= 15 is 0 Å². The van der Waals surface area contributed by atoms with Crippen LogP contribution in [0.1, 0.15) is 38.2 Å². The molecule has 17 heavy (non-hydrogen) atoms. The number of hydrogen-bond donors (Lipinski definition) is 1. The second kappa shape index (κ2) is 6.28. The van der Waals surface area contributed by atoms with E-state index in [2.05, 4.69) is 13.8 Å². The normalized spacial score (nSPS) is 12.5. The summed E-state index contributed by atoms with van der Waals surface area (Å²) in [5.41, 5.74) is 1.07. The molecule has 1 aromatic carbocycles. The van der Waals surface area contributed by atoms with Crippen molar-refractivity contribution in [1.82, 2.24) is 0 Å². The van der Waals surface area contributed by atoms with Crippen molar-refractivity contribution in [3.05, 3.63) is 29.8 Å². The SMILES string of the molecule is COC(=O)C[C@@H](CC(C)C)c1ccc(O)cc1. The van der Waals surface area contributed by atoms with Crippen molar-refractivity contribution >= 4 is 5.97 Å². The van der Waals surface area contributed by atoms with Crippen LogP contribution in [0.5, 0.6) is 5.75 Å². The van der Waals surface area contributed by atoms with Crippen molar-refractivity contribution < 1.29 is 14.6 Å². The third kappa shape index (κ3) is 4.47. The minimum absolute atomic E-state index is 0.156. The number of hydrogen-bond acceptors (Lipinski definition) is 3. The molecule has 0 aromatic heterocycles. The van der Waals surface area contributed by atoms with Crippen LogP contribution in [0, 0.1) is 5.92 Å². The molecule has 1 aromatic rings. The summed E-state index contributed by atoms with van der Waals surface area (Å²) in [6.45, 7) is 4.26. The fourth-order valence-corrected chi connectivity index (χ4v) is 1.94. The molecule has 1 N–H and O–H groups in total. The molecule has 1 rings (SSSR count). The van der Waals surface area contributed by atoms with Crippen LogP contribution in [-0.2, 0) is 9.53 Å². The molecule has 0 aliphatic rings. The van der Waals surface area contributed by atoms with Crippen LogP contribution in [0.3, 0.4) is 0 Å². The maximum absolute atomic E-state index is 11.4. The molecule has 0 aliphatic heterocycles.